The van der Waals surface area contributed by atoms with Crippen LogP contribution in [0.4, 0.5) is 8.78 Å². The minimum absolute atomic E-state index is 0.0135. The van der Waals surface area contributed by atoms with Gasteiger partial charge < -0.3 is 5.11 Å². The van der Waals surface area contributed by atoms with Crippen LogP contribution in [0.25, 0.3) is 22.6 Å². The van der Waals surface area contributed by atoms with Crippen molar-refractivity contribution in [2.24, 2.45) is 0 Å². The summed E-state index contributed by atoms with van der Waals surface area (Å²) in [5.41, 5.74) is 0.931. The van der Waals surface area contributed by atoms with Crippen LogP contribution < -0.4 is 0 Å². The Balaban J connectivity index is 2.19. The molecular weight excluding hydrogens is 286 g/mol. The average molecular weight is 298 g/mol. The van der Waals surface area contributed by atoms with Crippen LogP contribution >= 0.6 is 0 Å². The van der Waals surface area contributed by atoms with Gasteiger partial charge in [0.15, 0.2) is 5.82 Å². The molecule has 0 bridgehead atoms. The summed E-state index contributed by atoms with van der Waals surface area (Å²) in [6.45, 7) is 0. The van der Waals surface area contributed by atoms with E-state index in [1.807, 2.05) is 6.07 Å². The number of rotatable bonds is 3. The molecule has 0 amide bonds. The van der Waals surface area contributed by atoms with Crippen molar-refractivity contribution in [3.63, 3.8) is 0 Å². The maximum atomic E-state index is 13.1. The van der Waals surface area contributed by atoms with Gasteiger partial charge in [0.1, 0.15) is 11.4 Å². The first-order chi connectivity index (χ1) is 10.6. The number of hydrogen-bond donors (Lipinski definition) is 1. The summed E-state index contributed by atoms with van der Waals surface area (Å²) >= 11 is 0. The number of aromatic nitrogens is 2. The summed E-state index contributed by atoms with van der Waals surface area (Å²) < 4.78 is 26.2. The molecule has 5 heteroatoms. The Morgan fingerprint density at radius 2 is 1.55 bits per heavy atom. The fourth-order valence-electron chi connectivity index (χ4n) is 2.12. The second kappa shape index (κ2) is 5.89. The average Bonchev–Trinajstić information content (AvgIpc) is 2.55. The van der Waals surface area contributed by atoms with Gasteiger partial charge in [0, 0.05) is 11.1 Å². The van der Waals surface area contributed by atoms with Crippen molar-refractivity contribution in [2.45, 2.75) is 6.43 Å². The van der Waals surface area contributed by atoms with Gasteiger partial charge in [0.25, 0.3) is 6.43 Å². The smallest absolute Gasteiger partial charge is 0.280 e. The number of halogens is 2. The monoisotopic (exact) mass is 298 g/mol. The van der Waals surface area contributed by atoms with E-state index in [1.54, 1.807) is 42.5 Å². The molecule has 0 radical (unpaired) electrons. The third-order valence-corrected chi connectivity index (χ3v) is 3.18. The van der Waals surface area contributed by atoms with Crippen LogP contribution in [0.2, 0.25) is 0 Å². The minimum Gasteiger partial charge on any atom is -0.507 e. The van der Waals surface area contributed by atoms with E-state index in [0.717, 1.165) is 0 Å². The molecule has 1 aromatic heterocycles. The normalized spacial score (nSPS) is 10.9. The summed E-state index contributed by atoms with van der Waals surface area (Å²) in [6.07, 6.45) is -2.71. The first-order valence-electron chi connectivity index (χ1n) is 6.66. The number of phenolic OH excluding ortho intramolecular Hbond substituents is 1. The second-order valence-electron chi connectivity index (χ2n) is 4.69. The number of alkyl halides is 2. The molecule has 0 atom stereocenters. The van der Waals surface area contributed by atoms with E-state index in [9.17, 15) is 13.9 Å². The van der Waals surface area contributed by atoms with Gasteiger partial charge in [-0.3, -0.25) is 0 Å². The molecule has 1 N–H and O–H groups in total. The molecule has 0 fully saturated rings. The van der Waals surface area contributed by atoms with Gasteiger partial charge in [-0.1, -0.05) is 42.5 Å². The SMILES string of the molecule is Oc1ccccc1-c1cc(C(F)F)nc(-c2ccccc2)n1. The number of nitrogens with zero attached hydrogens (tertiary/aromatic N) is 2. The fourth-order valence-corrected chi connectivity index (χ4v) is 2.12. The molecule has 3 aromatic rings. The van der Waals surface area contributed by atoms with Crippen molar-refractivity contribution in [2.75, 3.05) is 0 Å². The molecule has 0 saturated heterocycles. The van der Waals surface area contributed by atoms with Gasteiger partial charge in [-0.05, 0) is 18.2 Å². The molecular formula is C17H12F2N2O. The maximum Gasteiger partial charge on any atom is 0.280 e. The molecule has 3 rings (SSSR count). The highest BCUT2D eigenvalue weighted by Crippen LogP contribution is 2.31. The van der Waals surface area contributed by atoms with E-state index in [-0.39, 0.29) is 23.0 Å². The zero-order valence-corrected chi connectivity index (χ0v) is 11.4. The van der Waals surface area contributed by atoms with Crippen LogP contribution in [0.5, 0.6) is 5.75 Å². The lowest BCUT2D eigenvalue weighted by Crippen LogP contribution is -1.99. The van der Waals surface area contributed by atoms with E-state index in [2.05, 4.69) is 9.97 Å². The highest BCUT2D eigenvalue weighted by Gasteiger charge is 2.16. The van der Waals surface area contributed by atoms with Crippen LogP contribution in [0.1, 0.15) is 12.1 Å². The van der Waals surface area contributed by atoms with E-state index in [0.29, 0.717) is 11.1 Å². The topological polar surface area (TPSA) is 46.0 Å². The predicted octanol–water partition coefficient (Wildman–Crippen LogP) is 4.45. The Morgan fingerprint density at radius 1 is 0.864 bits per heavy atom. The van der Waals surface area contributed by atoms with Crippen LogP contribution in [0.3, 0.4) is 0 Å². The van der Waals surface area contributed by atoms with Gasteiger partial charge in [0.05, 0.1) is 5.69 Å². The number of para-hydroxylation sites is 1. The Morgan fingerprint density at radius 3 is 2.23 bits per heavy atom. The molecule has 0 aliphatic heterocycles. The Hall–Kier alpha value is -2.82. The van der Waals surface area contributed by atoms with Crippen molar-refractivity contribution < 1.29 is 13.9 Å². The summed E-state index contributed by atoms with van der Waals surface area (Å²) in [7, 11) is 0. The lowest BCUT2D eigenvalue weighted by atomic mass is 10.1. The van der Waals surface area contributed by atoms with Gasteiger partial charge >= 0.3 is 0 Å². The number of aromatic hydroxyl groups is 1. The quantitative estimate of drug-likeness (QED) is 0.777. The zero-order valence-electron chi connectivity index (χ0n) is 11.4. The van der Waals surface area contributed by atoms with Crippen molar-refractivity contribution in [1.29, 1.82) is 0 Å². The van der Waals surface area contributed by atoms with E-state index >= 15 is 0 Å². The first-order valence-corrected chi connectivity index (χ1v) is 6.66. The van der Waals surface area contributed by atoms with Crippen molar-refractivity contribution >= 4 is 0 Å². The predicted molar refractivity (Wildman–Crippen MR) is 79.5 cm³/mol. The highest BCUT2D eigenvalue weighted by molar-refractivity contribution is 5.69. The van der Waals surface area contributed by atoms with Crippen LogP contribution in [-0.4, -0.2) is 15.1 Å². The van der Waals surface area contributed by atoms with Gasteiger partial charge in [-0.2, -0.15) is 0 Å². The number of benzene rings is 2. The summed E-state index contributed by atoms with van der Waals surface area (Å²) in [5.74, 6) is 0.192. The Bertz CT molecular complexity index is 792. The third kappa shape index (κ3) is 2.79. The lowest BCUT2D eigenvalue weighted by Gasteiger charge is -2.09. The fraction of sp³-hybridized carbons (Fsp3) is 0.0588. The first kappa shape index (κ1) is 14.1. The number of hydrogen-bond acceptors (Lipinski definition) is 3. The lowest BCUT2D eigenvalue weighted by molar-refractivity contribution is 0.146. The molecule has 22 heavy (non-hydrogen) atoms. The molecule has 1 heterocycles. The van der Waals surface area contributed by atoms with Crippen LogP contribution in [0.15, 0.2) is 60.7 Å². The molecule has 2 aromatic carbocycles. The second-order valence-corrected chi connectivity index (χ2v) is 4.69. The summed E-state index contributed by atoms with van der Waals surface area (Å²) in [6, 6.07) is 16.6. The minimum atomic E-state index is -2.71. The maximum absolute atomic E-state index is 13.1. The third-order valence-electron chi connectivity index (χ3n) is 3.18. The van der Waals surface area contributed by atoms with Crippen LogP contribution in [0, 0.1) is 0 Å². The van der Waals surface area contributed by atoms with Crippen LogP contribution in [-0.2, 0) is 0 Å². The summed E-state index contributed by atoms with van der Waals surface area (Å²) in [4.78, 5) is 8.23. The molecule has 0 aliphatic rings. The standard InChI is InChI=1S/C17H12F2N2O/c18-16(19)14-10-13(12-8-4-5-9-15(12)22)20-17(21-14)11-6-2-1-3-7-11/h1-10,16,22H. The van der Waals surface area contributed by atoms with E-state index in [1.165, 1.54) is 12.1 Å². The summed E-state index contributed by atoms with van der Waals surface area (Å²) in [5, 5.41) is 9.91. The van der Waals surface area contributed by atoms with Gasteiger partial charge in [-0.15, -0.1) is 0 Å². The van der Waals surface area contributed by atoms with Crippen molar-refractivity contribution in [3.8, 4) is 28.4 Å². The Kier molecular flexibility index (Phi) is 3.78. The van der Waals surface area contributed by atoms with Crippen molar-refractivity contribution in [1.82, 2.24) is 9.97 Å². The van der Waals surface area contributed by atoms with Gasteiger partial charge in [0.2, 0.25) is 0 Å². The van der Waals surface area contributed by atoms with E-state index in [4.69, 9.17) is 0 Å². The largest absolute Gasteiger partial charge is 0.507 e. The molecule has 0 unspecified atom stereocenters. The molecule has 110 valence electrons. The molecule has 0 saturated carbocycles. The van der Waals surface area contributed by atoms with Gasteiger partial charge in [-0.25, -0.2) is 18.7 Å². The van der Waals surface area contributed by atoms with Crippen molar-refractivity contribution in [3.05, 3.63) is 66.4 Å². The zero-order chi connectivity index (χ0) is 15.5. The Labute approximate surface area is 125 Å². The molecule has 3 nitrogen and oxygen atoms in total. The highest BCUT2D eigenvalue weighted by atomic mass is 19.3. The number of phenols is 1. The van der Waals surface area contributed by atoms with E-state index < -0.39 is 6.43 Å². The molecule has 0 spiro atoms. The molecule has 0 aliphatic carbocycles.